The minimum atomic E-state index is -0.145. The number of rotatable bonds is 3. The summed E-state index contributed by atoms with van der Waals surface area (Å²) in [5.41, 5.74) is 1.04. The Morgan fingerprint density at radius 3 is 2.88 bits per heavy atom. The highest BCUT2D eigenvalue weighted by Gasteiger charge is 2.20. The van der Waals surface area contributed by atoms with Crippen LogP contribution in [0.15, 0.2) is 24.3 Å². The van der Waals surface area contributed by atoms with Gasteiger partial charge in [-0.25, -0.2) is 4.39 Å². The standard InChI is InChI=1S/C15H22FN/c1-11-5-3-8-15(9-11)17-12(2)13-6-4-7-14(16)10-13/h4,6-7,10-12,15,17H,3,5,8-9H2,1-2H3/t11?,12-,15?/m1/s1. The largest absolute Gasteiger partial charge is 0.307 e. The molecule has 0 radical (unpaired) electrons. The molecule has 1 aromatic rings. The highest BCUT2D eigenvalue weighted by atomic mass is 19.1. The number of benzene rings is 1. The van der Waals surface area contributed by atoms with Gasteiger partial charge in [0.15, 0.2) is 0 Å². The lowest BCUT2D eigenvalue weighted by Crippen LogP contribution is -2.35. The van der Waals surface area contributed by atoms with Crippen molar-refractivity contribution in [2.75, 3.05) is 0 Å². The summed E-state index contributed by atoms with van der Waals surface area (Å²) in [5.74, 6) is 0.675. The first kappa shape index (κ1) is 12.6. The first-order valence-corrected chi connectivity index (χ1v) is 6.66. The van der Waals surface area contributed by atoms with E-state index < -0.39 is 0 Å². The lowest BCUT2D eigenvalue weighted by Gasteiger charge is -2.30. The minimum absolute atomic E-state index is 0.145. The Bertz CT molecular complexity index is 364. The van der Waals surface area contributed by atoms with Crippen molar-refractivity contribution in [3.63, 3.8) is 0 Å². The van der Waals surface area contributed by atoms with Crippen LogP contribution in [0.2, 0.25) is 0 Å². The van der Waals surface area contributed by atoms with Crippen LogP contribution in [-0.4, -0.2) is 6.04 Å². The highest BCUT2D eigenvalue weighted by Crippen LogP contribution is 2.25. The predicted molar refractivity (Wildman–Crippen MR) is 69.4 cm³/mol. The van der Waals surface area contributed by atoms with Crippen LogP contribution in [0.1, 0.15) is 51.1 Å². The smallest absolute Gasteiger partial charge is 0.123 e. The lowest BCUT2D eigenvalue weighted by molar-refractivity contribution is 0.285. The number of hydrogen-bond acceptors (Lipinski definition) is 1. The van der Waals surface area contributed by atoms with Gasteiger partial charge >= 0.3 is 0 Å². The first-order chi connectivity index (χ1) is 8.15. The fourth-order valence-electron chi connectivity index (χ4n) is 2.81. The second-order valence-electron chi connectivity index (χ2n) is 5.41. The molecule has 1 N–H and O–H groups in total. The van der Waals surface area contributed by atoms with Gasteiger partial charge in [-0.05, 0) is 43.4 Å². The quantitative estimate of drug-likeness (QED) is 0.833. The van der Waals surface area contributed by atoms with Crippen LogP contribution >= 0.6 is 0 Å². The Kier molecular flexibility index (Phi) is 4.16. The predicted octanol–water partition coefficient (Wildman–Crippen LogP) is 4.06. The van der Waals surface area contributed by atoms with Gasteiger partial charge in [0.05, 0.1) is 0 Å². The van der Waals surface area contributed by atoms with Crippen molar-refractivity contribution in [1.82, 2.24) is 5.32 Å². The van der Waals surface area contributed by atoms with E-state index in [2.05, 4.69) is 19.2 Å². The normalized spacial score (nSPS) is 26.8. The van der Waals surface area contributed by atoms with E-state index in [1.807, 2.05) is 6.07 Å². The fourth-order valence-corrected chi connectivity index (χ4v) is 2.81. The molecule has 1 saturated carbocycles. The number of hydrogen-bond donors (Lipinski definition) is 1. The molecule has 0 heterocycles. The SMILES string of the molecule is CC1CCCC(N[C@H](C)c2cccc(F)c2)C1. The highest BCUT2D eigenvalue weighted by molar-refractivity contribution is 5.19. The lowest BCUT2D eigenvalue weighted by atomic mass is 9.86. The minimum Gasteiger partial charge on any atom is -0.307 e. The van der Waals surface area contributed by atoms with Crippen LogP contribution in [0.3, 0.4) is 0 Å². The summed E-state index contributed by atoms with van der Waals surface area (Å²) < 4.78 is 13.1. The van der Waals surface area contributed by atoms with Crippen molar-refractivity contribution in [2.24, 2.45) is 5.92 Å². The maximum Gasteiger partial charge on any atom is 0.123 e. The van der Waals surface area contributed by atoms with Crippen molar-refractivity contribution in [1.29, 1.82) is 0 Å². The molecule has 0 amide bonds. The molecule has 94 valence electrons. The van der Waals surface area contributed by atoms with E-state index in [1.54, 1.807) is 12.1 Å². The van der Waals surface area contributed by atoms with Crippen LogP contribution in [0, 0.1) is 11.7 Å². The maximum atomic E-state index is 13.1. The molecule has 2 rings (SSSR count). The van der Waals surface area contributed by atoms with Gasteiger partial charge in [0.1, 0.15) is 5.82 Å². The molecule has 0 aliphatic heterocycles. The van der Waals surface area contributed by atoms with Gasteiger partial charge in [0, 0.05) is 12.1 Å². The second-order valence-corrected chi connectivity index (χ2v) is 5.41. The first-order valence-electron chi connectivity index (χ1n) is 6.66. The van der Waals surface area contributed by atoms with Gasteiger partial charge in [0.2, 0.25) is 0 Å². The number of halogens is 1. The van der Waals surface area contributed by atoms with Gasteiger partial charge in [-0.1, -0.05) is 31.9 Å². The van der Waals surface area contributed by atoms with Crippen molar-refractivity contribution < 1.29 is 4.39 Å². The molecule has 1 nitrogen and oxygen atoms in total. The van der Waals surface area contributed by atoms with Crippen LogP contribution in [0.4, 0.5) is 4.39 Å². The topological polar surface area (TPSA) is 12.0 Å². The molecular weight excluding hydrogens is 213 g/mol. The van der Waals surface area contributed by atoms with E-state index in [0.717, 1.165) is 11.5 Å². The average Bonchev–Trinajstić information content (AvgIpc) is 2.29. The van der Waals surface area contributed by atoms with Gasteiger partial charge < -0.3 is 5.32 Å². The molecule has 0 saturated heterocycles. The average molecular weight is 235 g/mol. The van der Waals surface area contributed by atoms with Crippen LogP contribution in [0.25, 0.3) is 0 Å². The summed E-state index contributed by atoms with van der Waals surface area (Å²) in [4.78, 5) is 0. The monoisotopic (exact) mass is 235 g/mol. The molecule has 17 heavy (non-hydrogen) atoms. The summed E-state index contributed by atoms with van der Waals surface area (Å²) in [5, 5.41) is 3.63. The van der Waals surface area contributed by atoms with Gasteiger partial charge in [0.25, 0.3) is 0 Å². The molecule has 1 aromatic carbocycles. The van der Waals surface area contributed by atoms with E-state index in [-0.39, 0.29) is 11.9 Å². The zero-order chi connectivity index (χ0) is 12.3. The molecule has 0 spiro atoms. The van der Waals surface area contributed by atoms with Gasteiger partial charge in [-0.15, -0.1) is 0 Å². The Morgan fingerprint density at radius 1 is 1.35 bits per heavy atom. The second kappa shape index (κ2) is 5.63. The van der Waals surface area contributed by atoms with E-state index >= 15 is 0 Å². The molecule has 1 aliphatic carbocycles. The summed E-state index contributed by atoms with van der Waals surface area (Å²) in [6, 6.07) is 7.74. The zero-order valence-corrected chi connectivity index (χ0v) is 10.7. The summed E-state index contributed by atoms with van der Waals surface area (Å²) in [6.45, 7) is 4.44. The van der Waals surface area contributed by atoms with Gasteiger partial charge in [-0.2, -0.15) is 0 Å². The molecule has 2 heteroatoms. The Morgan fingerprint density at radius 2 is 2.18 bits per heavy atom. The Balaban J connectivity index is 1.94. The van der Waals surface area contributed by atoms with Crippen LogP contribution in [-0.2, 0) is 0 Å². The number of nitrogens with one attached hydrogen (secondary N) is 1. The van der Waals surface area contributed by atoms with E-state index in [1.165, 1.54) is 31.7 Å². The summed E-state index contributed by atoms with van der Waals surface area (Å²) in [7, 11) is 0. The molecular formula is C15H22FN. The molecule has 2 unspecified atom stereocenters. The van der Waals surface area contributed by atoms with E-state index in [4.69, 9.17) is 0 Å². The molecule has 3 atom stereocenters. The third-order valence-corrected chi connectivity index (χ3v) is 3.77. The van der Waals surface area contributed by atoms with Gasteiger partial charge in [-0.3, -0.25) is 0 Å². The van der Waals surface area contributed by atoms with E-state index in [9.17, 15) is 4.39 Å². The van der Waals surface area contributed by atoms with Crippen molar-refractivity contribution >= 4 is 0 Å². The fraction of sp³-hybridized carbons (Fsp3) is 0.600. The van der Waals surface area contributed by atoms with Crippen molar-refractivity contribution in [3.05, 3.63) is 35.6 Å². The summed E-state index contributed by atoms with van der Waals surface area (Å²) in [6.07, 6.45) is 5.17. The molecule has 0 aromatic heterocycles. The van der Waals surface area contributed by atoms with Crippen LogP contribution in [0.5, 0.6) is 0 Å². The summed E-state index contributed by atoms with van der Waals surface area (Å²) >= 11 is 0. The maximum absolute atomic E-state index is 13.1. The van der Waals surface area contributed by atoms with Crippen molar-refractivity contribution in [2.45, 2.75) is 51.6 Å². The Hall–Kier alpha value is -0.890. The zero-order valence-electron chi connectivity index (χ0n) is 10.7. The third-order valence-electron chi connectivity index (χ3n) is 3.77. The van der Waals surface area contributed by atoms with Crippen LogP contribution < -0.4 is 5.32 Å². The third kappa shape index (κ3) is 3.53. The van der Waals surface area contributed by atoms with E-state index in [0.29, 0.717) is 6.04 Å². The Labute approximate surface area is 103 Å². The van der Waals surface area contributed by atoms with Crippen molar-refractivity contribution in [3.8, 4) is 0 Å². The molecule has 0 bridgehead atoms. The molecule has 1 aliphatic rings. The molecule has 1 fully saturated rings.